The zero-order valence-electron chi connectivity index (χ0n) is 28.4. The highest BCUT2D eigenvalue weighted by molar-refractivity contribution is 5.94. The number of unbranched alkanes of at least 4 members (excludes halogenated alkanes) is 1. The number of hydrogen-bond acceptors (Lipinski definition) is 6. The maximum atomic E-state index is 14.4. The number of alkyl carbamates (subject to hydrolysis) is 1. The van der Waals surface area contributed by atoms with Gasteiger partial charge >= 0.3 is 6.09 Å². The van der Waals surface area contributed by atoms with Gasteiger partial charge in [-0.2, -0.15) is 0 Å². The van der Waals surface area contributed by atoms with Gasteiger partial charge in [0.15, 0.2) is 0 Å². The molecule has 1 aromatic rings. The molecule has 0 bridgehead atoms. The Hall–Kier alpha value is -2.81. The lowest BCUT2D eigenvalue weighted by Gasteiger charge is -2.48. The standard InChI is InChI=1S/C35H58N4O5/c1-8-10-21-39(31(40)30(24-26(3)4)37-33(42)44-34(5,6)7)35(32(41)36-9-2)19-22-38(23-20-35)25-27-15-17-29(18-16-27)43-28-13-11-12-14-28/h15-18,26,28,30H,8-14,19-25H2,1-7H3,(H,36,41)(H,37,42). The molecule has 0 spiro atoms. The summed E-state index contributed by atoms with van der Waals surface area (Å²) in [6.07, 6.45) is 7.64. The molecule has 9 heteroatoms. The number of rotatable bonds is 14. The fourth-order valence-corrected chi connectivity index (χ4v) is 6.34. The summed E-state index contributed by atoms with van der Waals surface area (Å²) in [5.41, 5.74) is -0.468. The van der Waals surface area contributed by atoms with Crippen molar-refractivity contribution in [2.24, 2.45) is 5.92 Å². The van der Waals surface area contributed by atoms with Gasteiger partial charge in [0.25, 0.3) is 0 Å². The normalized spacial score (nSPS) is 18.1. The van der Waals surface area contributed by atoms with Gasteiger partial charge in [0.2, 0.25) is 11.8 Å². The lowest BCUT2D eigenvalue weighted by atomic mass is 9.83. The van der Waals surface area contributed by atoms with Crippen LogP contribution in [0.3, 0.4) is 0 Å². The molecule has 3 amide bonds. The number of nitrogens with one attached hydrogen (secondary N) is 2. The molecule has 3 rings (SSSR count). The Morgan fingerprint density at radius 2 is 1.68 bits per heavy atom. The average Bonchev–Trinajstić information content (AvgIpc) is 3.46. The van der Waals surface area contributed by atoms with Crippen LogP contribution in [0.4, 0.5) is 4.79 Å². The lowest BCUT2D eigenvalue weighted by Crippen LogP contribution is -2.67. The van der Waals surface area contributed by atoms with E-state index in [-0.39, 0.29) is 17.7 Å². The van der Waals surface area contributed by atoms with Crippen molar-refractivity contribution in [2.45, 2.75) is 136 Å². The Bertz CT molecular complexity index is 1050. The van der Waals surface area contributed by atoms with E-state index in [0.717, 1.165) is 38.0 Å². The van der Waals surface area contributed by atoms with E-state index < -0.39 is 23.3 Å². The van der Waals surface area contributed by atoms with Crippen molar-refractivity contribution in [3.05, 3.63) is 29.8 Å². The van der Waals surface area contributed by atoms with E-state index in [9.17, 15) is 14.4 Å². The highest BCUT2D eigenvalue weighted by Gasteiger charge is 2.49. The maximum Gasteiger partial charge on any atom is 0.408 e. The third-order valence-corrected chi connectivity index (χ3v) is 8.59. The van der Waals surface area contributed by atoms with Crippen LogP contribution in [-0.4, -0.2) is 77.2 Å². The van der Waals surface area contributed by atoms with Crippen LogP contribution in [0.15, 0.2) is 24.3 Å². The third kappa shape index (κ3) is 10.4. The summed E-state index contributed by atoms with van der Waals surface area (Å²) in [5, 5.41) is 5.89. The summed E-state index contributed by atoms with van der Waals surface area (Å²) in [6, 6.07) is 7.61. The minimum Gasteiger partial charge on any atom is -0.490 e. The van der Waals surface area contributed by atoms with Gasteiger partial charge in [-0.1, -0.05) is 39.3 Å². The molecule has 1 aliphatic heterocycles. The van der Waals surface area contributed by atoms with Gasteiger partial charge in [-0.3, -0.25) is 14.5 Å². The van der Waals surface area contributed by atoms with Crippen LogP contribution < -0.4 is 15.4 Å². The van der Waals surface area contributed by atoms with Crippen LogP contribution in [0.5, 0.6) is 5.75 Å². The van der Waals surface area contributed by atoms with Crippen molar-refractivity contribution in [2.75, 3.05) is 26.2 Å². The largest absolute Gasteiger partial charge is 0.490 e. The van der Waals surface area contributed by atoms with E-state index in [4.69, 9.17) is 9.47 Å². The SMILES string of the molecule is CCCCN(C(=O)C(CC(C)C)NC(=O)OC(C)(C)C)C1(C(=O)NCC)CCN(Cc2ccc(OC3CCCC3)cc2)CC1. The molecule has 1 unspecified atom stereocenters. The van der Waals surface area contributed by atoms with E-state index in [1.807, 2.05) is 20.8 Å². The average molecular weight is 615 g/mol. The summed E-state index contributed by atoms with van der Waals surface area (Å²) in [7, 11) is 0. The Morgan fingerprint density at radius 1 is 1.05 bits per heavy atom. The van der Waals surface area contributed by atoms with Gasteiger partial charge in [-0.05, 0) is 103 Å². The first-order chi connectivity index (χ1) is 20.9. The van der Waals surface area contributed by atoms with E-state index in [1.54, 1.807) is 25.7 Å². The maximum absolute atomic E-state index is 14.4. The van der Waals surface area contributed by atoms with E-state index in [0.29, 0.717) is 51.5 Å². The number of nitrogens with zero attached hydrogens (tertiary/aromatic N) is 2. The summed E-state index contributed by atoms with van der Waals surface area (Å²) >= 11 is 0. The first-order valence-electron chi connectivity index (χ1n) is 16.9. The van der Waals surface area contributed by atoms with Gasteiger partial charge < -0.3 is 25.0 Å². The van der Waals surface area contributed by atoms with Crippen LogP contribution in [0.2, 0.25) is 0 Å². The summed E-state index contributed by atoms with van der Waals surface area (Å²) in [6.45, 7) is 16.5. The molecule has 9 nitrogen and oxygen atoms in total. The zero-order chi connectivity index (χ0) is 32.3. The van der Waals surface area contributed by atoms with Gasteiger partial charge in [0.1, 0.15) is 22.9 Å². The molecule has 2 N–H and O–H groups in total. The predicted molar refractivity (Wildman–Crippen MR) is 174 cm³/mol. The molecule has 1 saturated heterocycles. The molecular formula is C35H58N4O5. The van der Waals surface area contributed by atoms with Crippen LogP contribution in [0, 0.1) is 5.92 Å². The number of hydrogen-bond donors (Lipinski definition) is 2. The van der Waals surface area contributed by atoms with Gasteiger partial charge in [-0.15, -0.1) is 0 Å². The molecule has 0 radical (unpaired) electrons. The van der Waals surface area contributed by atoms with Crippen molar-refractivity contribution < 1.29 is 23.9 Å². The highest BCUT2D eigenvalue weighted by Crippen LogP contribution is 2.33. The van der Waals surface area contributed by atoms with Crippen LogP contribution in [0.1, 0.15) is 112 Å². The second-order valence-electron chi connectivity index (χ2n) is 14.0. The fourth-order valence-electron chi connectivity index (χ4n) is 6.34. The number of carbonyl (C=O) groups excluding carboxylic acids is 3. The van der Waals surface area contributed by atoms with Crippen LogP contribution in [-0.2, 0) is 20.9 Å². The molecule has 248 valence electrons. The Balaban J connectivity index is 1.78. The molecule has 2 aliphatic rings. The second kappa shape index (κ2) is 16.5. The number of benzene rings is 1. The first kappa shape index (κ1) is 35.7. The van der Waals surface area contributed by atoms with Crippen molar-refractivity contribution in [3.8, 4) is 5.75 Å². The van der Waals surface area contributed by atoms with Gasteiger partial charge in [0.05, 0.1) is 6.10 Å². The smallest absolute Gasteiger partial charge is 0.408 e. The van der Waals surface area contributed by atoms with Crippen molar-refractivity contribution in [1.82, 2.24) is 20.4 Å². The van der Waals surface area contributed by atoms with Gasteiger partial charge in [0, 0.05) is 32.7 Å². The molecular weight excluding hydrogens is 556 g/mol. The number of amides is 3. The third-order valence-electron chi connectivity index (χ3n) is 8.59. The van der Waals surface area contributed by atoms with Crippen molar-refractivity contribution >= 4 is 17.9 Å². The zero-order valence-corrected chi connectivity index (χ0v) is 28.4. The summed E-state index contributed by atoms with van der Waals surface area (Å²) in [4.78, 5) is 45.2. The minimum absolute atomic E-state index is 0.113. The number of likely N-dealkylation sites (tertiary alicyclic amines) is 1. The van der Waals surface area contributed by atoms with Crippen LogP contribution in [0.25, 0.3) is 0 Å². The summed E-state index contributed by atoms with van der Waals surface area (Å²) in [5.74, 6) is 0.758. The van der Waals surface area contributed by atoms with E-state index in [2.05, 4.69) is 46.7 Å². The first-order valence-corrected chi connectivity index (χ1v) is 16.9. The lowest BCUT2D eigenvalue weighted by molar-refractivity contribution is -0.153. The minimum atomic E-state index is -0.984. The Kier molecular flexibility index (Phi) is 13.4. The monoisotopic (exact) mass is 614 g/mol. The number of piperidine rings is 1. The number of ether oxygens (including phenoxy) is 2. The highest BCUT2D eigenvalue weighted by atomic mass is 16.6. The van der Waals surface area contributed by atoms with Crippen molar-refractivity contribution in [1.29, 1.82) is 0 Å². The molecule has 1 atom stereocenters. The van der Waals surface area contributed by atoms with Crippen LogP contribution >= 0.6 is 0 Å². The molecule has 2 fully saturated rings. The predicted octanol–water partition coefficient (Wildman–Crippen LogP) is 6.05. The molecule has 1 heterocycles. The number of carbonyl (C=O) groups is 3. The quantitative estimate of drug-likeness (QED) is 0.265. The van der Waals surface area contributed by atoms with E-state index in [1.165, 1.54) is 18.4 Å². The van der Waals surface area contributed by atoms with Gasteiger partial charge in [-0.25, -0.2) is 4.79 Å². The number of likely N-dealkylation sites (N-methyl/N-ethyl adjacent to an activating group) is 1. The molecule has 1 saturated carbocycles. The Morgan fingerprint density at radius 3 is 2.23 bits per heavy atom. The summed E-state index contributed by atoms with van der Waals surface area (Å²) < 4.78 is 11.7. The molecule has 1 aliphatic carbocycles. The molecule has 44 heavy (non-hydrogen) atoms. The van der Waals surface area contributed by atoms with Crippen molar-refractivity contribution in [3.63, 3.8) is 0 Å². The van der Waals surface area contributed by atoms with E-state index >= 15 is 0 Å². The fraction of sp³-hybridized carbons (Fsp3) is 0.743. The molecule has 0 aromatic heterocycles. The topological polar surface area (TPSA) is 100 Å². The Labute approximate surface area is 265 Å². The molecule has 1 aromatic carbocycles. The second-order valence-corrected chi connectivity index (χ2v) is 14.0.